The van der Waals surface area contributed by atoms with Crippen molar-refractivity contribution in [1.29, 1.82) is 0 Å². The average Bonchev–Trinajstić information content (AvgIpc) is 2.71. The number of amides is 3. The summed E-state index contributed by atoms with van der Waals surface area (Å²) in [6.07, 6.45) is 5.09. The van der Waals surface area contributed by atoms with Crippen LogP contribution >= 0.6 is 0 Å². The van der Waals surface area contributed by atoms with Gasteiger partial charge in [-0.05, 0) is 0 Å². The molecule has 6 nitrogen and oxygen atoms in total. The van der Waals surface area contributed by atoms with Gasteiger partial charge in [-0.25, -0.2) is 4.79 Å². The molecule has 6 heteroatoms. The van der Waals surface area contributed by atoms with Crippen LogP contribution in [0, 0.1) is 12.3 Å². The Hall–Kier alpha value is -1.74. The van der Waals surface area contributed by atoms with Gasteiger partial charge in [0.05, 0.1) is 19.1 Å². The first kappa shape index (κ1) is 11.7. The van der Waals surface area contributed by atoms with E-state index < -0.39 is 0 Å². The number of rotatable bonds is 3. The molecule has 17 heavy (non-hydrogen) atoms. The van der Waals surface area contributed by atoms with Crippen molar-refractivity contribution in [3.8, 4) is 12.3 Å². The van der Waals surface area contributed by atoms with Gasteiger partial charge < -0.3 is 15.1 Å². The average molecular weight is 236 g/mol. The fourth-order valence-corrected chi connectivity index (χ4v) is 2.18. The van der Waals surface area contributed by atoms with E-state index in [2.05, 4.69) is 16.6 Å². The maximum Gasteiger partial charge on any atom is 0.317 e. The number of carbonyl (C=O) groups is 2. The van der Waals surface area contributed by atoms with Gasteiger partial charge in [-0.1, -0.05) is 5.92 Å². The van der Waals surface area contributed by atoms with Crippen molar-refractivity contribution in [3.05, 3.63) is 0 Å². The van der Waals surface area contributed by atoms with Crippen molar-refractivity contribution >= 4 is 11.9 Å². The van der Waals surface area contributed by atoms with Gasteiger partial charge in [0.15, 0.2) is 0 Å². The molecule has 0 aromatic carbocycles. The van der Waals surface area contributed by atoms with Crippen LogP contribution < -0.4 is 10.6 Å². The van der Waals surface area contributed by atoms with Gasteiger partial charge in [-0.2, -0.15) is 0 Å². The van der Waals surface area contributed by atoms with Crippen LogP contribution in [0.4, 0.5) is 4.79 Å². The highest BCUT2D eigenvalue weighted by atomic mass is 16.2. The third-order valence-corrected chi connectivity index (χ3v) is 3.09. The molecule has 2 aliphatic heterocycles. The fourth-order valence-electron chi connectivity index (χ4n) is 2.18. The van der Waals surface area contributed by atoms with E-state index in [9.17, 15) is 9.59 Å². The van der Waals surface area contributed by atoms with Crippen molar-refractivity contribution < 1.29 is 9.59 Å². The highest BCUT2D eigenvalue weighted by molar-refractivity contribution is 5.80. The topological polar surface area (TPSA) is 64.7 Å². The standard InChI is InChI=1S/C11H16N4O2/c1-2-3-12-7-10(16)14-4-5-15-9(8-14)6-13-11(15)17/h1,9,12H,3-8H2,(H,13,17). The molecule has 0 bridgehead atoms. The molecule has 2 heterocycles. The van der Waals surface area contributed by atoms with Crippen LogP contribution in [0.2, 0.25) is 0 Å². The normalized spacial score (nSPS) is 23.0. The molecule has 1 unspecified atom stereocenters. The summed E-state index contributed by atoms with van der Waals surface area (Å²) in [5.74, 6) is 2.47. The number of hydrogen-bond acceptors (Lipinski definition) is 3. The van der Waals surface area contributed by atoms with Crippen LogP contribution in [0.3, 0.4) is 0 Å². The third kappa shape index (κ3) is 2.50. The minimum Gasteiger partial charge on any atom is -0.338 e. The lowest BCUT2D eigenvalue weighted by Crippen LogP contribution is -2.55. The molecule has 2 aliphatic rings. The molecular weight excluding hydrogens is 220 g/mol. The van der Waals surface area contributed by atoms with E-state index in [1.807, 2.05) is 0 Å². The summed E-state index contributed by atoms with van der Waals surface area (Å²) >= 11 is 0. The molecule has 0 aromatic heterocycles. The first-order chi connectivity index (χ1) is 8.22. The first-order valence-electron chi connectivity index (χ1n) is 5.69. The minimum atomic E-state index is -0.0208. The Balaban J connectivity index is 1.82. The Morgan fingerprint density at radius 3 is 3.18 bits per heavy atom. The number of nitrogens with one attached hydrogen (secondary N) is 2. The molecule has 0 radical (unpaired) electrons. The number of hydrogen-bond donors (Lipinski definition) is 2. The maximum absolute atomic E-state index is 11.8. The van der Waals surface area contributed by atoms with Crippen LogP contribution in [0.15, 0.2) is 0 Å². The van der Waals surface area contributed by atoms with E-state index >= 15 is 0 Å². The van der Waals surface area contributed by atoms with Gasteiger partial charge in [0, 0.05) is 26.2 Å². The summed E-state index contributed by atoms with van der Waals surface area (Å²) in [7, 11) is 0. The Labute approximate surface area is 100 Å². The lowest BCUT2D eigenvalue weighted by atomic mass is 10.2. The molecule has 0 spiro atoms. The Bertz CT molecular complexity index is 363. The second-order valence-corrected chi connectivity index (χ2v) is 4.18. The maximum atomic E-state index is 11.8. The summed E-state index contributed by atoms with van der Waals surface area (Å²) in [5, 5.41) is 5.66. The molecule has 0 saturated carbocycles. The lowest BCUT2D eigenvalue weighted by molar-refractivity contribution is -0.132. The minimum absolute atomic E-state index is 0.0208. The molecule has 0 aromatic rings. The molecule has 2 saturated heterocycles. The number of urea groups is 1. The van der Waals surface area contributed by atoms with Crippen molar-refractivity contribution in [3.63, 3.8) is 0 Å². The van der Waals surface area contributed by atoms with Gasteiger partial charge in [0.2, 0.25) is 5.91 Å². The smallest absolute Gasteiger partial charge is 0.317 e. The highest BCUT2D eigenvalue weighted by Crippen LogP contribution is 2.13. The van der Waals surface area contributed by atoms with E-state index in [1.165, 1.54) is 0 Å². The number of carbonyl (C=O) groups excluding carboxylic acids is 2. The van der Waals surface area contributed by atoms with Crippen molar-refractivity contribution in [2.45, 2.75) is 6.04 Å². The van der Waals surface area contributed by atoms with Gasteiger partial charge in [0.1, 0.15) is 0 Å². The van der Waals surface area contributed by atoms with Crippen molar-refractivity contribution in [1.82, 2.24) is 20.4 Å². The van der Waals surface area contributed by atoms with Gasteiger partial charge in [-0.3, -0.25) is 10.1 Å². The molecule has 3 amide bonds. The lowest BCUT2D eigenvalue weighted by Gasteiger charge is -2.36. The zero-order chi connectivity index (χ0) is 12.3. The van der Waals surface area contributed by atoms with E-state index in [0.29, 0.717) is 32.7 Å². The Morgan fingerprint density at radius 2 is 2.41 bits per heavy atom. The molecule has 1 atom stereocenters. The van der Waals surface area contributed by atoms with Crippen LogP contribution in [0.25, 0.3) is 0 Å². The second-order valence-electron chi connectivity index (χ2n) is 4.18. The molecule has 2 fully saturated rings. The summed E-state index contributed by atoms with van der Waals surface area (Å²) in [6.45, 7) is 3.10. The van der Waals surface area contributed by atoms with Crippen LogP contribution in [-0.4, -0.2) is 67.0 Å². The molecule has 2 N–H and O–H groups in total. The SMILES string of the molecule is C#CCNCC(=O)N1CCN2C(=O)NCC2C1. The molecule has 2 rings (SSSR count). The fraction of sp³-hybridized carbons (Fsp3) is 0.636. The monoisotopic (exact) mass is 236 g/mol. The summed E-state index contributed by atoms with van der Waals surface area (Å²) in [6, 6.07) is 0.0976. The number of piperazine rings is 1. The predicted molar refractivity (Wildman–Crippen MR) is 62.2 cm³/mol. The van der Waals surface area contributed by atoms with E-state index in [-0.39, 0.29) is 24.5 Å². The predicted octanol–water partition coefficient (Wildman–Crippen LogP) is -1.55. The zero-order valence-electron chi connectivity index (χ0n) is 9.61. The van der Waals surface area contributed by atoms with Crippen LogP contribution in [-0.2, 0) is 4.79 Å². The largest absolute Gasteiger partial charge is 0.338 e. The van der Waals surface area contributed by atoms with E-state index in [4.69, 9.17) is 6.42 Å². The van der Waals surface area contributed by atoms with Gasteiger partial charge in [-0.15, -0.1) is 6.42 Å². The Morgan fingerprint density at radius 1 is 1.59 bits per heavy atom. The molecule has 92 valence electrons. The quantitative estimate of drug-likeness (QED) is 0.460. The van der Waals surface area contributed by atoms with E-state index in [0.717, 1.165) is 0 Å². The second kappa shape index (κ2) is 5.06. The van der Waals surface area contributed by atoms with Gasteiger partial charge in [0.25, 0.3) is 0 Å². The first-order valence-corrected chi connectivity index (χ1v) is 5.69. The summed E-state index contributed by atoms with van der Waals surface area (Å²) < 4.78 is 0. The van der Waals surface area contributed by atoms with Crippen molar-refractivity contribution in [2.24, 2.45) is 0 Å². The number of fused-ring (bicyclic) bond motifs is 1. The van der Waals surface area contributed by atoms with Crippen LogP contribution in [0.5, 0.6) is 0 Å². The molecular formula is C11H16N4O2. The Kier molecular flexibility index (Phi) is 3.49. The van der Waals surface area contributed by atoms with Gasteiger partial charge >= 0.3 is 6.03 Å². The highest BCUT2D eigenvalue weighted by Gasteiger charge is 2.36. The third-order valence-electron chi connectivity index (χ3n) is 3.09. The van der Waals surface area contributed by atoms with Crippen LogP contribution in [0.1, 0.15) is 0 Å². The molecule has 0 aliphatic carbocycles. The number of terminal acetylenes is 1. The summed E-state index contributed by atoms with van der Waals surface area (Å²) in [5.41, 5.74) is 0. The van der Waals surface area contributed by atoms with Crippen molar-refractivity contribution in [2.75, 3.05) is 39.3 Å². The zero-order valence-corrected chi connectivity index (χ0v) is 9.61. The summed E-state index contributed by atoms with van der Waals surface area (Å²) in [4.78, 5) is 26.8. The van der Waals surface area contributed by atoms with E-state index in [1.54, 1.807) is 9.80 Å². The number of nitrogens with zero attached hydrogens (tertiary/aromatic N) is 2.